The second kappa shape index (κ2) is 6.61. The Labute approximate surface area is 64.1 Å². The summed E-state index contributed by atoms with van der Waals surface area (Å²) in [7, 11) is 0. The molecule has 0 aromatic heterocycles. The van der Waals surface area contributed by atoms with Crippen molar-refractivity contribution in [3.63, 3.8) is 0 Å². The van der Waals surface area contributed by atoms with Gasteiger partial charge in [0, 0.05) is 6.42 Å². The second-order valence-corrected chi connectivity index (χ2v) is 2.92. The van der Waals surface area contributed by atoms with Crippen molar-refractivity contribution >= 4 is 0 Å². The van der Waals surface area contributed by atoms with E-state index in [9.17, 15) is 0 Å². The first-order chi connectivity index (χ1) is 4.81. The molecule has 0 saturated carbocycles. The summed E-state index contributed by atoms with van der Waals surface area (Å²) in [5.41, 5.74) is 0. The fourth-order valence-corrected chi connectivity index (χ4v) is 0.901. The zero-order chi connectivity index (χ0) is 7.82. The van der Waals surface area contributed by atoms with Crippen molar-refractivity contribution in [3.05, 3.63) is 0 Å². The van der Waals surface area contributed by atoms with Crippen molar-refractivity contribution in [1.29, 1.82) is 5.26 Å². The van der Waals surface area contributed by atoms with Crippen LogP contribution < -0.4 is 0 Å². The molecule has 1 heteroatoms. The highest BCUT2D eigenvalue weighted by Crippen LogP contribution is 2.11. The first kappa shape index (κ1) is 9.49. The second-order valence-electron chi connectivity index (χ2n) is 2.92. The summed E-state index contributed by atoms with van der Waals surface area (Å²) < 4.78 is 0. The summed E-state index contributed by atoms with van der Waals surface area (Å²) in [4.78, 5) is 0. The van der Waals surface area contributed by atoms with Crippen molar-refractivity contribution in [2.45, 2.75) is 46.0 Å². The standard InChI is InChI=1S/C9H17N/c1-3-9(2)7-5-4-6-8-10/h9H,3-7H2,1-2H3/t9-/m0/s1. The molecule has 0 amide bonds. The summed E-state index contributed by atoms with van der Waals surface area (Å²) >= 11 is 0. The molecule has 0 saturated heterocycles. The van der Waals surface area contributed by atoms with Gasteiger partial charge in [0.05, 0.1) is 6.07 Å². The predicted octanol–water partition coefficient (Wildman–Crippen LogP) is 3.12. The van der Waals surface area contributed by atoms with E-state index in [1.165, 1.54) is 19.3 Å². The minimum absolute atomic E-state index is 0.733. The molecule has 0 unspecified atom stereocenters. The third-order valence-corrected chi connectivity index (χ3v) is 1.93. The molecule has 0 rings (SSSR count). The van der Waals surface area contributed by atoms with Gasteiger partial charge >= 0.3 is 0 Å². The van der Waals surface area contributed by atoms with Gasteiger partial charge in [0.15, 0.2) is 0 Å². The van der Waals surface area contributed by atoms with Gasteiger partial charge in [0.2, 0.25) is 0 Å². The van der Waals surface area contributed by atoms with Gasteiger partial charge in [-0.05, 0) is 12.3 Å². The predicted molar refractivity (Wildman–Crippen MR) is 43.5 cm³/mol. The average molecular weight is 139 g/mol. The smallest absolute Gasteiger partial charge is 0.0621 e. The maximum Gasteiger partial charge on any atom is 0.0621 e. The highest BCUT2D eigenvalue weighted by Gasteiger charge is 1.96. The van der Waals surface area contributed by atoms with E-state index < -0.39 is 0 Å². The normalized spacial score (nSPS) is 12.5. The van der Waals surface area contributed by atoms with E-state index >= 15 is 0 Å². The lowest BCUT2D eigenvalue weighted by molar-refractivity contribution is 0.487. The highest BCUT2D eigenvalue weighted by molar-refractivity contribution is 4.68. The first-order valence-electron chi connectivity index (χ1n) is 4.18. The van der Waals surface area contributed by atoms with Crippen LogP contribution in [0.25, 0.3) is 0 Å². The molecule has 0 bridgehead atoms. The maximum atomic E-state index is 8.24. The third kappa shape index (κ3) is 5.62. The molecule has 1 nitrogen and oxygen atoms in total. The molecule has 0 aliphatic rings. The number of unbranched alkanes of at least 4 members (excludes halogenated alkanes) is 2. The van der Waals surface area contributed by atoms with Gasteiger partial charge in [0.25, 0.3) is 0 Å². The van der Waals surface area contributed by atoms with E-state index in [-0.39, 0.29) is 0 Å². The Hall–Kier alpha value is -0.510. The van der Waals surface area contributed by atoms with Crippen LogP contribution in [0.4, 0.5) is 0 Å². The minimum Gasteiger partial charge on any atom is -0.198 e. The molecule has 0 aliphatic carbocycles. The van der Waals surface area contributed by atoms with Gasteiger partial charge in [-0.25, -0.2) is 0 Å². The molecular weight excluding hydrogens is 122 g/mol. The van der Waals surface area contributed by atoms with Crippen molar-refractivity contribution in [1.82, 2.24) is 0 Å². The van der Waals surface area contributed by atoms with Crippen LogP contribution in [0.15, 0.2) is 0 Å². The van der Waals surface area contributed by atoms with Crippen molar-refractivity contribution in [2.75, 3.05) is 0 Å². The Kier molecular flexibility index (Phi) is 6.27. The molecule has 0 spiro atoms. The number of nitrogens with zero attached hydrogens (tertiary/aromatic N) is 1. The molecular formula is C9H17N. The summed E-state index contributed by atoms with van der Waals surface area (Å²) in [6.45, 7) is 4.49. The average Bonchev–Trinajstić information content (AvgIpc) is 1.98. The van der Waals surface area contributed by atoms with Crippen molar-refractivity contribution in [3.8, 4) is 6.07 Å². The number of hydrogen-bond donors (Lipinski definition) is 0. The molecule has 0 heterocycles. The van der Waals surface area contributed by atoms with Crippen LogP contribution in [-0.4, -0.2) is 0 Å². The lowest BCUT2D eigenvalue weighted by Crippen LogP contribution is -1.90. The summed E-state index contributed by atoms with van der Waals surface area (Å²) in [5, 5.41) is 8.24. The molecule has 1 atom stereocenters. The summed E-state index contributed by atoms with van der Waals surface area (Å²) in [6, 6.07) is 2.16. The van der Waals surface area contributed by atoms with Crippen LogP contribution in [0.5, 0.6) is 0 Å². The summed E-state index contributed by atoms with van der Waals surface area (Å²) in [5.74, 6) is 0.846. The maximum absolute atomic E-state index is 8.24. The largest absolute Gasteiger partial charge is 0.198 e. The van der Waals surface area contributed by atoms with Crippen LogP contribution in [-0.2, 0) is 0 Å². The van der Waals surface area contributed by atoms with E-state index in [0.717, 1.165) is 18.8 Å². The van der Waals surface area contributed by atoms with Gasteiger partial charge in [-0.2, -0.15) is 5.26 Å². The Balaban J connectivity index is 2.98. The van der Waals surface area contributed by atoms with Crippen LogP contribution >= 0.6 is 0 Å². The number of rotatable bonds is 5. The Morgan fingerprint density at radius 3 is 2.60 bits per heavy atom. The van der Waals surface area contributed by atoms with Gasteiger partial charge in [-0.1, -0.05) is 33.1 Å². The van der Waals surface area contributed by atoms with E-state index in [2.05, 4.69) is 19.9 Å². The zero-order valence-corrected chi connectivity index (χ0v) is 7.06. The first-order valence-corrected chi connectivity index (χ1v) is 4.18. The van der Waals surface area contributed by atoms with E-state index in [1.54, 1.807) is 0 Å². The monoisotopic (exact) mass is 139 g/mol. The van der Waals surface area contributed by atoms with Crippen LogP contribution in [0.2, 0.25) is 0 Å². The lowest BCUT2D eigenvalue weighted by atomic mass is 10.0. The third-order valence-electron chi connectivity index (χ3n) is 1.93. The van der Waals surface area contributed by atoms with Crippen molar-refractivity contribution in [2.24, 2.45) is 5.92 Å². The van der Waals surface area contributed by atoms with Gasteiger partial charge in [-0.3, -0.25) is 0 Å². The van der Waals surface area contributed by atoms with Crippen LogP contribution in [0.3, 0.4) is 0 Å². The van der Waals surface area contributed by atoms with Gasteiger partial charge in [0.1, 0.15) is 0 Å². The van der Waals surface area contributed by atoms with E-state index in [0.29, 0.717) is 0 Å². The molecule has 0 aromatic rings. The van der Waals surface area contributed by atoms with Crippen LogP contribution in [0.1, 0.15) is 46.0 Å². The minimum atomic E-state index is 0.733. The Morgan fingerprint density at radius 2 is 2.10 bits per heavy atom. The Bertz CT molecular complexity index is 102. The topological polar surface area (TPSA) is 23.8 Å². The molecule has 0 aromatic carbocycles. The lowest BCUT2D eigenvalue weighted by Gasteiger charge is -2.05. The molecule has 58 valence electrons. The highest BCUT2D eigenvalue weighted by atomic mass is 14.2. The fourth-order valence-electron chi connectivity index (χ4n) is 0.901. The van der Waals surface area contributed by atoms with Gasteiger partial charge in [-0.15, -0.1) is 0 Å². The summed E-state index contributed by atoms with van der Waals surface area (Å²) in [6.07, 6.45) is 5.60. The molecule has 0 aliphatic heterocycles. The molecule has 10 heavy (non-hydrogen) atoms. The Morgan fingerprint density at radius 1 is 1.40 bits per heavy atom. The molecule has 0 N–H and O–H groups in total. The van der Waals surface area contributed by atoms with E-state index in [4.69, 9.17) is 5.26 Å². The SMILES string of the molecule is CC[C@H](C)CCCCC#N. The molecule has 0 fully saturated rings. The van der Waals surface area contributed by atoms with Gasteiger partial charge < -0.3 is 0 Å². The fraction of sp³-hybridized carbons (Fsp3) is 0.889. The number of hydrogen-bond acceptors (Lipinski definition) is 1. The number of nitriles is 1. The zero-order valence-electron chi connectivity index (χ0n) is 7.06. The van der Waals surface area contributed by atoms with Crippen molar-refractivity contribution < 1.29 is 0 Å². The van der Waals surface area contributed by atoms with Crippen LogP contribution in [0, 0.1) is 17.2 Å². The quantitative estimate of drug-likeness (QED) is 0.537. The molecule has 0 radical (unpaired) electrons. The van der Waals surface area contributed by atoms with E-state index in [1.807, 2.05) is 0 Å².